The van der Waals surface area contributed by atoms with Crippen molar-refractivity contribution in [1.29, 1.82) is 0 Å². The summed E-state index contributed by atoms with van der Waals surface area (Å²) in [5, 5.41) is 12.2. The molecule has 0 amide bonds. The van der Waals surface area contributed by atoms with Gasteiger partial charge in [-0.1, -0.05) is 30.3 Å². The Hall–Kier alpha value is -3.88. The molecule has 0 saturated carbocycles. The van der Waals surface area contributed by atoms with Crippen molar-refractivity contribution in [3.8, 4) is 23.1 Å². The fourth-order valence-electron chi connectivity index (χ4n) is 3.98. The average molecular weight is 473 g/mol. The molecule has 1 aromatic heterocycles. The first kappa shape index (κ1) is 23.3. The van der Waals surface area contributed by atoms with Crippen LogP contribution >= 0.6 is 0 Å². The molecule has 4 aromatic rings. The molecule has 0 bridgehead atoms. The van der Waals surface area contributed by atoms with Crippen LogP contribution in [0.5, 0.6) is 17.4 Å². The van der Waals surface area contributed by atoms with Crippen LogP contribution in [0.1, 0.15) is 19.4 Å². The van der Waals surface area contributed by atoms with E-state index in [0.717, 1.165) is 10.6 Å². The SMILES string of the molecule is CCOC(=O)Cc1ccc(-n2cc3c(OC(F)F)c4ccccc4c(OCC)c3c2O)c(F)c1. The number of ether oxygens (including phenoxy) is 3. The number of fused-ring (bicyclic) bond motifs is 2. The van der Waals surface area contributed by atoms with Gasteiger partial charge in [0.2, 0.25) is 5.88 Å². The Morgan fingerprint density at radius 2 is 1.74 bits per heavy atom. The first-order valence-corrected chi connectivity index (χ1v) is 10.7. The number of carbonyl (C=O) groups excluding carboxylic acids is 1. The third kappa shape index (κ3) is 4.21. The molecule has 0 radical (unpaired) electrons. The minimum absolute atomic E-state index is 0.0455. The highest BCUT2D eigenvalue weighted by Crippen LogP contribution is 2.48. The van der Waals surface area contributed by atoms with Gasteiger partial charge in [-0.15, -0.1) is 0 Å². The molecule has 0 spiro atoms. The predicted octanol–water partition coefficient (Wildman–Crippen LogP) is 5.73. The van der Waals surface area contributed by atoms with Crippen molar-refractivity contribution < 1.29 is 37.3 Å². The smallest absolute Gasteiger partial charge is 0.387 e. The molecule has 6 nitrogen and oxygen atoms in total. The number of aromatic nitrogens is 1. The first-order valence-electron chi connectivity index (χ1n) is 10.7. The third-order valence-corrected chi connectivity index (χ3v) is 5.29. The van der Waals surface area contributed by atoms with Crippen LogP contribution in [0.15, 0.2) is 48.7 Å². The lowest BCUT2D eigenvalue weighted by atomic mass is 10.0. The Labute approximate surface area is 193 Å². The maximum atomic E-state index is 15.1. The summed E-state index contributed by atoms with van der Waals surface area (Å²) >= 11 is 0. The lowest BCUT2D eigenvalue weighted by Crippen LogP contribution is -2.08. The molecule has 0 aliphatic rings. The molecule has 0 saturated heterocycles. The van der Waals surface area contributed by atoms with Gasteiger partial charge in [0, 0.05) is 17.0 Å². The summed E-state index contributed by atoms with van der Waals surface area (Å²) in [5.41, 5.74) is 0.342. The fraction of sp³-hybridized carbons (Fsp3) is 0.240. The van der Waals surface area contributed by atoms with Crippen LogP contribution in [0, 0.1) is 5.82 Å². The molecule has 178 valence electrons. The highest BCUT2D eigenvalue weighted by molar-refractivity contribution is 6.13. The molecular weight excluding hydrogens is 451 g/mol. The Morgan fingerprint density at radius 1 is 1.03 bits per heavy atom. The summed E-state index contributed by atoms with van der Waals surface area (Å²) in [7, 11) is 0. The first-order chi connectivity index (χ1) is 16.3. The third-order valence-electron chi connectivity index (χ3n) is 5.29. The number of rotatable bonds is 8. The summed E-state index contributed by atoms with van der Waals surface area (Å²) < 4.78 is 58.3. The highest BCUT2D eigenvalue weighted by atomic mass is 19.3. The van der Waals surface area contributed by atoms with E-state index in [0.29, 0.717) is 16.3 Å². The molecule has 0 aliphatic carbocycles. The monoisotopic (exact) mass is 473 g/mol. The molecule has 0 unspecified atom stereocenters. The van der Waals surface area contributed by atoms with E-state index in [1.54, 1.807) is 38.1 Å². The zero-order chi connectivity index (χ0) is 24.4. The summed E-state index contributed by atoms with van der Waals surface area (Å²) in [6, 6.07) is 10.7. The second-order valence-corrected chi connectivity index (χ2v) is 7.39. The van der Waals surface area contributed by atoms with Crippen LogP contribution in [-0.4, -0.2) is 35.5 Å². The van der Waals surface area contributed by atoms with E-state index in [2.05, 4.69) is 0 Å². The number of hydrogen-bond donors (Lipinski definition) is 1. The van der Waals surface area contributed by atoms with Crippen LogP contribution in [-0.2, 0) is 16.0 Å². The van der Waals surface area contributed by atoms with Gasteiger partial charge in [0.25, 0.3) is 0 Å². The van der Waals surface area contributed by atoms with E-state index >= 15 is 4.39 Å². The number of nitrogens with zero attached hydrogens (tertiary/aromatic N) is 1. The van der Waals surface area contributed by atoms with Crippen molar-refractivity contribution in [2.24, 2.45) is 0 Å². The summed E-state index contributed by atoms with van der Waals surface area (Å²) in [6.07, 6.45) is 1.21. The number of hydrogen-bond acceptors (Lipinski definition) is 5. The van der Waals surface area contributed by atoms with Gasteiger partial charge in [0.05, 0.1) is 36.1 Å². The molecular formula is C25H22F3NO5. The molecule has 0 atom stereocenters. The molecule has 9 heteroatoms. The number of benzene rings is 3. The van der Waals surface area contributed by atoms with Crippen molar-refractivity contribution in [2.75, 3.05) is 13.2 Å². The Morgan fingerprint density at radius 3 is 2.35 bits per heavy atom. The predicted molar refractivity (Wildman–Crippen MR) is 121 cm³/mol. The Balaban J connectivity index is 1.94. The lowest BCUT2D eigenvalue weighted by molar-refractivity contribution is -0.142. The number of carbonyl (C=O) groups is 1. The quantitative estimate of drug-likeness (QED) is 0.331. The van der Waals surface area contributed by atoms with Crippen molar-refractivity contribution in [2.45, 2.75) is 26.9 Å². The van der Waals surface area contributed by atoms with Gasteiger partial charge >= 0.3 is 12.6 Å². The lowest BCUT2D eigenvalue weighted by Gasteiger charge is -2.14. The highest BCUT2D eigenvalue weighted by Gasteiger charge is 2.25. The summed E-state index contributed by atoms with van der Waals surface area (Å²) in [5.74, 6) is -1.51. The Kier molecular flexibility index (Phi) is 6.54. The van der Waals surface area contributed by atoms with Gasteiger partial charge < -0.3 is 19.3 Å². The number of esters is 1. The minimum Gasteiger partial charge on any atom is -0.494 e. The van der Waals surface area contributed by atoms with Crippen LogP contribution in [0.25, 0.3) is 27.2 Å². The van der Waals surface area contributed by atoms with E-state index in [1.165, 1.54) is 18.3 Å². The molecule has 34 heavy (non-hydrogen) atoms. The fourth-order valence-corrected chi connectivity index (χ4v) is 3.98. The standard InChI is InChI=1S/C25H22F3NO5/c1-3-32-20(30)12-14-9-10-19(18(26)11-14)29-13-17-21(24(29)31)23(33-4-2)16-8-6-5-7-15(16)22(17)34-25(27)28/h5-11,13,25,31H,3-4,12H2,1-2H3. The van der Waals surface area contributed by atoms with Gasteiger partial charge in [-0.05, 0) is 31.5 Å². The van der Waals surface area contributed by atoms with Crippen molar-refractivity contribution in [3.05, 3.63) is 60.0 Å². The minimum atomic E-state index is -3.12. The maximum absolute atomic E-state index is 15.1. The average Bonchev–Trinajstić information content (AvgIpc) is 3.13. The van der Waals surface area contributed by atoms with Gasteiger partial charge in [-0.25, -0.2) is 4.39 Å². The van der Waals surface area contributed by atoms with Crippen molar-refractivity contribution >= 4 is 27.5 Å². The zero-order valence-electron chi connectivity index (χ0n) is 18.5. The zero-order valence-corrected chi connectivity index (χ0v) is 18.5. The van der Waals surface area contributed by atoms with Gasteiger partial charge in [0.15, 0.2) is 0 Å². The molecule has 1 N–H and O–H groups in total. The number of halogens is 3. The van der Waals surface area contributed by atoms with Gasteiger partial charge in [0.1, 0.15) is 17.3 Å². The van der Waals surface area contributed by atoms with Crippen LogP contribution in [0.3, 0.4) is 0 Å². The van der Waals surface area contributed by atoms with E-state index in [1.807, 2.05) is 0 Å². The number of alkyl halides is 2. The maximum Gasteiger partial charge on any atom is 0.387 e. The largest absolute Gasteiger partial charge is 0.494 e. The van der Waals surface area contributed by atoms with E-state index in [-0.39, 0.29) is 47.6 Å². The summed E-state index contributed by atoms with van der Waals surface area (Å²) in [6.45, 7) is 0.764. The summed E-state index contributed by atoms with van der Waals surface area (Å²) in [4.78, 5) is 11.7. The van der Waals surface area contributed by atoms with Crippen molar-refractivity contribution in [1.82, 2.24) is 4.57 Å². The molecule has 1 heterocycles. The second kappa shape index (κ2) is 9.54. The van der Waals surface area contributed by atoms with Gasteiger partial charge in [-0.2, -0.15) is 8.78 Å². The van der Waals surface area contributed by atoms with E-state index in [4.69, 9.17) is 14.2 Å². The van der Waals surface area contributed by atoms with Crippen LogP contribution < -0.4 is 9.47 Å². The molecule has 4 rings (SSSR count). The van der Waals surface area contributed by atoms with Crippen molar-refractivity contribution in [3.63, 3.8) is 0 Å². The topological polar surface area (TPSA) is 69.9 Å². The number of aromatic hydroxyl groups is 1. The van der Waals surface area contributed by atoms with Gasteiger partial charge in [-0.3, -0.25) is 9.36 Å². The van der Waals surface area contributed by atoms with E-state index in [9.17, 15) is 18.7 Å². The van der Waals surface area contributed by atoms with Crippen LogP contribution in [0.2, 0.25) is 0 Å². The second-order valence-electron chi connectivity index (χ2n) is 7.39. The normalized spacial score (nSPS) is 11.4. The van der Waals surface area contributed by atoms with E-state index < -0.39 is 24.3 Å². The molecule has 3 aromatic carbocycles. The molecule has 0 fully saturated rings. The Bertz CT molecular complexity index is 1370. The molecule has 0 aliphatic heterocycles. The van der Waals surface area contributed by atoms with Crippen LogP contribution in [0.4, 0.5) is 13.2 Å².